The minimum Gasteiger partial charge on any atom is -0.442 e. The first-order valence-corrected chi connectivity index (χ1v) is 9.71. The van der Waals surface area contributed by atoms with Gasteiger partial charge in [0.1, 0.15) is 11.9 Å². The van der Waals surface area contributed by atoms with Crippen LogP contribution in [-0.2, 0) is 14.3 Å². The zero-order valence-electron chi connectivity index (χ0n) is 15.9. The van der Waals surface area contributed by atoms with E-state index >= 15 is 0 Å². The Balaban J connectivity index is 1.66. The summed E-state index contributed by atoms with van der Waals surface area (Å²) < 4.78 is 19.8. The summed E-state index contributed by atoms with van der Waals surface area (Å²) in [5.41, 5.74) is 1.06. The number of nitrogens with zero attached hydrogens (tertiary/aromatic N) is 1. The maximum absolute atomic E-state index is 14.6. The average Bonchev–Trinajstić information content (AvgIpc) is 3.03. The van der Waals surface area contributed by atoms with Gasteiger partial charge in [0.25, 0.3) is 0 Å². The number of hydrogen-bond acceptors (Lipinski definition) is 5. The fourth-order valence-corrected chi connectivity index (χ4v) is 3.59. The highest BCUT2D eigenvalue weighted by molar-refractivity contribution is 7.99. The number of rotatable bonds is 6. The Morgan fingerprint density at radius 3 is 2.52 bits per heavy atom. The molecule has 7 nitrogen and oxygen atoms in total. The molecule has 0 bridgehead atoms. The van der Waals surface area contributed by atoms with E-state index < -0.39 is 18.0 Å². The molecule has 1 aliphatic heterocycles. The van der Waals surface area contributed by atoms with Crippen LogP contribution >= 0.6 is 11.8 Å². The van der Waals surface area contributed by atoms with Gasteiger partial charge < -0.3 is 15.4 Å². The molecule has 1 fully saturated rings. The summed E-state index contributed by atoms with van der Waals surface area (Å²) in [4.78, 5) is 36.7. The summed E-state index contributed by atoms with van der Waals surface area (Å²) in [6.45, 7) is 3.25. The van der Waals surface area contributed by atoms with Gasteiger partial charge in [0.15, 0.2) is 0 Å². The lowest BCUT2D eigenvalue weighted by Gasteiger charge is -2.14. The minimum atomic E-state index is -0.575. The number of hydrogen-bond donors (Lipinski definition) is 2. The van der Waals surface area contributed by atoms with Crippen LogP contribution in [0.2, 0.25) is 0 Å². The quantitative estimate of drug-likeness (QED) is 0.752. The van der Waals surface area contributed by atoms with E-state index in [4.69, 9.17) is 4.74 Å². The Morgan fingerprint density at radius 2 is 1.90 bits per heavy atom. The predicted octanol–water partition coefficient (Wildman–Crippen LogP) is 3.40. The monoisotopic (exact) mass is 417 g/mol. The SMILES string of the molecule is CC(=O)NC[C@H]1CN(c2ccc(Sc3ccc(NC(C)=O)cc3)c(F)c2)C(=O)O1. The molecule has 0 saturated carbocycles. The lowest BCUT2D eigenvalue weighted by Crippen LogP contribution is -2.33. The molecule has 1 atom stereocenters. The number of carbonyl (C=O) groups is 3. The smallest absolute Gasteiger partial charge is 0.414 e. The second-order valence-corrected chi connectivity index (χ2v) is 7.59. The van der Waals surface area contributed by atoms with Gasteiger partial charge in [-0.15, -0.1) is 0 Å². The number of ether oxygens (including phenoxy) is 1. The Bertz CT molecular complexity index is 936. The highest BCUT2D eigenvalue weighted by atomic mass is 32.2. The highest BCUT2D eigenvalue weighted by Gasteiger charge is 2.32. The van der Waals surface area contributed by atoms with E-state index in [2.05, 4.69) is 10.6 Å². The molecule has 152 valence electrons. The molecular formula is C20H20FN3O4S. The van der Waals surface area contributed by atoms with Gasteiger partial charge in [0.05, 0.1) is 18.8 Å². The van der Waals surface area contributed by atoms with Crippen molar-refractivity contribution in [3.63, 3.8) is 0 Å². The Kier molecular flexibility index (Phi) is 6.38. The van der Waals surface area contributed by atoms with Gasteiger partial charge >= 0.3 is 6.09 Å². The second-order valence-electron chi connectivity index (χ2n) is 6.48. The van der Waals surface area contributed by atoms with Crippen molar-refractivity contribution in [3.05, 3.63) is 48.3 Å². The zero-order valence-corrected chi connectivity index (χ0v) is 16.7. The van der Waals surface area contributed by atoms with Crippen LogP contribution in [0.4, 0.5) is 20.6 Å². The topological polar surface area (TPSA) is 87.7 Å². The lowest BCUT2D eigenvalue weighted by molar-refractivity contribution is -0.119. The Hall–Kier alpha value is -3.07. The van der Waals surface area contributed by atoms with Crippen molar-refractivity contribution in [1.82, 2.24) is 5.32 Å². The molecule has 1 aliphatic rings. The first-order valence-electron chi connectivity index (χ1n) is 8.89. The van der Waals surface area contributed by atoms with E-state index in [1.165, 1.54) is 36.6 Å². The number of anilines is 2. The highest BCUT2D eigenvalue weighted by Crippen LogP contribution is 2.33. The fourth-order valence-electron chi connectivity index (χ4n) is 2.77. The third-order valence-electron chi connectivity index (χ3n) is 4.08. The standard InChI is InChI=1S/C20H20FN3O4S/c1-12(25)22-10-16-11-24(20(27)28-16)15-5-8-19(18(21)9-15)29-17-6-3-14(4-7-17)23-13(2)26/h3-9,16H,10-11H2,1-2H3,(H,22,25)(H,23,26)/t16-/m0/s1. The maximum atomic E-state index is 14.6. The van der Waals surface area contributed by atoms with Crippen LogP contribution in [0.5, 0.6) is 0 Å². The van der Waals surface area contributed by atoms with Gasteiger partial charge in [0, 0.05) is 29.3 Å². The van der Waals surface area contributed by atoms with Gasteiger partial charge in [0.2, 0.25) is 11.8 Å². The van der Waals surface area contributed by atoms with Crippen molar-refractivity contribution >= 4 is 41.0 Å². The molecule has 1 saturated heterocycles. The van der Waals surface area contributed by atoms with Crippen molar-refractivity contribution in [2.45, 2.75) is 29.7 Å². The van der Waals surface area contributed by atoms with E-state index in [0.29, 0.717) is 16.3 Å². The van der Waals surface area contributed by atoms with Crippen LogP contribution in [0.25, 0.3) is 0 Å². The van der Waals surface area contributed by atoms with Crippen LogP contribution in [0.3, 0.4) is 0 Å². The van der Waals surface area contributed by atoms with Gasteiger partial charge in [-0.3, -0.25) is 14.5 Å². The summed E-state index contributed by atoms with van der Waals surface area (Å²) >= 11 is 1.24. The zero-order chi connectivity index (χ0) is 21.0. The number of halogens is 1. The summed E-state index contributed by atoms with van der Waals surface area (Å²) in [5, 5.41) is 5.27. The van der Waals surface area contributed by atoms with Gasteiger partial charge in [-0.1, -0.05) is 11.8 Å². The maximum Gasteiger partial charge on any atom is 0.414 e. The van der Waals surface area contributed by atoms with Crippen LogP contribution in [0.15, 0.2) is 52.3 Å². The van der Waals surface area contributed by atoms with Crippen molar-refractivity contribution < 1.29 is 23.5 Å². The first-order chi connectivity index (χ1) is 13.8. The third-order valence-corrected chi connectivity index (χ3v) is 5.14. The predicted molar refractivity (Wildman–Crippen MR) is 108 cm³/mol. The van der Waals surface area contributed by atoms with Gasteiger partial charge in [-0.05, 0) is 42.5 Å². The Labute approximate surface area is 171 Å². The molecule has 2 aromatic carbocycles. The minimum absolute atomic E-state index is 0.160. The third kappa shape index (κ3) is 5.47. The van der Waals surface area contributed by atoms with E-state index in [0.717, 1.165) is 4.90 Å². The van der Waals surface area contributed by atoms with Gasteiger partial charge in [-0.25, -0.2) is 9.18 Å². The number of cyclic esters (lactones) is 1. The van der Waals surface area contributed by atoms with E-state index in [1.807, 2.05) is 0 Å². The fraction of sp³-hybridized carbons (Fsp3) is 0.250. The summed E-state index contributed by atoms with van der Waals surface area (Å²) in [5.74, 6) is -0.833. The molecule has 0 unspecified atom stereocenters. The average molecular weight is 417 g/mol. The van der Waals surface area contributed by atoms with E-state index in [1.54, 1.807) is 36.4 Å². The molecule has 2 N–H and O–H groups in total. The summed E-state index contributed by atoms with van der Waals surface area (Å²) in [6, 6.07) is 11.6. The molecule has 2 aromatic rings. The largest absolute Gasteiger partial charge is 0.442 e. The van der Waals surface area contributed by atoms with Crippen molar-refractivity contribution in [2.75, 3.05) is 23.3 Å². The number of nitrogens with one attached hydrogen (secondary N) is 2. The van der Waals surface area contributed by atoms with Crippen LogP contribution in [0, 0.1) is 5.82 Å². The van der Waals surface area contributed by atoms with Gasteiger partial charge in [-0.2, -0.15) is 0 Å². The molecular weight excluding hydrogens is 397 g/mol. The number of benzene rings is 2. The Morgan fingerprint density at radius 1 is 1.17 bits per heavy atom. The van der Waals surface area contributed by atoms with Crippen LogP contribution in [-0.4, -0.2) is 37.1 Å². The molecule has 0 aliphatic carbocycles. The number of amides is 3. The number of carbonyl (C=O) groups excluding carboxylic acids is 3. The normalized spacial score (nSPS) is 15.8. The van der Waals surface area contributed by atoms with Crippen molar-refractivity contribution in [2.24, 2.45) is 0 Å². The molecule has 1 heterocycles. The van der Waals surface area contributed by atoms with E-state index in [9.17, 15) is 18.8 Å². The van der Waals surface area contributed by atoms with Crippen molar-refractivity contribution in [3.8, 4) is 0 Å². The molecule has 29 heavy (non-hydrogen) atoms. The molecule has 9 heteroatoms. The van der Waals surface area contributed by atoms with E-state index in [-0.39, 0.29) is 24.9 Å². The molecule has 0 radical (unpaired) electrons. The lowest BCUT2D eigenvalue weighted by atomic mass is 10.2. The van der Waals surface area contributed by atoms with Crippen LogP contribution in [0.1, 0.15) is 13.8 Å². The molecule has 3 amide bonds. The second kappa shape index (κ2) is 8.95. The van der Waals surface area contributed by atoms with Crippen molar-refractivity contribution in [1.29, 1.82) is 0 Å². The van der Waals surface area contributed by atoms with Crippen LogP contribution < -0.4 is 15.5 Å². The summed E-state index contributed by atoms with van der Waals surface area (Å²) in [6.07, 6.45) is -1.06. The molecule has 0 spiro atoms. The molecule has 3 rings (SSSR count). The first kappa shape index (κ1) is 20.7. The molecule has 0 aromatic heterocycles. The summed E-state index contributed by atoms with van der Waals surface area (Å²) in [7, 11) is 0.